The fraction of sp³-hybridized carbons (Fsp3) is 0.417. The van der Waals surface area contributed by atoms with Crippen molar-refractivity contribution in [1.29, 1.82) is 0 Å². The number of benzene rings is 1. The number of hydrogen-bond acceptors (Lipinski definition) is 6. The van der Waals surface area contributed by atoms with E-state index in [1.54, 1.807) is 0 Å². The predicted molar refractivity (Wildman–Crippen MR) is 134 cm³/mol. The van der Waals surface area contributed by atoms with Gasteiger partial charge in [-0.3, -0.25) is 19.1 Å². The summed E-state index contributed by atoms with van der Waals surface area (Å²) < 4.78 is 1.34. The van der Waals surface area contributed by atoms with Gasteiger partial charge in [-0.2, -0.15) is 0 Å². The molecule has 3 N–H and O–H groups in total. The highest BCUT2D eigenvalue weighted by molar-refractivity contribution is 7.13. The lowest BCUT2D eigenvalue weighted by Crippen LogP contribution is -2.42. The van der Waals surface area contributed by atoms with E-state index in [9.17, 15) is 14.4 Å². The molecule has 0 fully saturated rings. The first-order valence-electron chi connectivity index (χ1n) is 11.4. The SMILES string of the molecule is CCCCCN(C(=O)Cc1csc(-c2ccccc2)n1)c1c(N)n(CCCC)c(=O)[nH]c1=O. The van der Waals surface area contributed by atoms with Gasteiger partial charge in [-0.05, 0) is 12.8 Å². The molecule has 0 aliphatic heterocycles. The Morgan fingerprint density at radius 1 is 1.12 bits per heavy atom. The molecular formula is C24H31N5O3S. The number of aromatic nitrogens is 3. The van der Waals surface area contributed by atoms with Gasteiger partial charge in [-0.25, -0.2) is 9.78 Å². The fourth-order valence-corrected chi connectivity index (χ4v) is 4.44. The van der Waals surface area contributed by atoms with E-state index in [0.29, 0.717) is 18.8 Å². The Balaban J connectivity index is 1.92. The molecule has 0 aliphatic carbocycles. The molecule has 0 bridgehead atoms. The summed E-state index contributed by atoms with van der Waals surface area (Å²) >= 11 is 1.47. The molecule has 176 valence electrons. The smallest absolute Gasteiger partial charge is 0.330 e. The molecule has 0 saturated carbocycles. The maximum atomic E-state index is 13.4. The molecule has 0 radical (unpaired) electrons. The standard InChI is InChI=1S/C24H31N5O3S/c1-3-5-10-14-28(20-21(25)29(13-6-4-2)24(32)27-22(20)31)19(30)15-18-16-33-23(26-18)17-11-8-7-9-12-17/h7-9,11-12,16H,3-6,10,13-15,25H2,1-2H3,(H,27,31,32). The number of nitrogens with zero attached hydrogens (tertiary/aromatic N) is 3. The van der Waals surface area contributed by atoms with E-state index in [4.69, 9.17) is 5.73 Å². The normalized spacial score (nSPS) is 11.0. The van der Waals surface area contributed by atoms with E-state index in [-0.39, 0.29) is 23.8 Å². The molecule has 0 spiro atoms. The van der Waals surface area contributed by atoms with Gasteiger partial charge in [0.1, 0.15) is 10.8 Å². The molecule has 0 saturated heterocycles. The number of unbranched alkanes of at least 4 members (excludes halogenated alkanes) is 3. The molecule has 9 heteroatoms. The van der Waals surface area contributed by atoms with Crippen molar-refractivity contribution in [2.45, 2.75) is 58.9 Å². The van der Waals surface area contributed by atoms with E-state index in [1.165, 1.54) is 20.8 Å². The van der Waals surface area contributed by atoms with Crippen LogP contribution >= 0.6 is 11.3 Å². The Kier molecular flexibility index (Phi) is 8.59. The minimum atomic E-state index is -0.640. The summed E-state index contributed by atoms with van der Waals surface area (Å²) in [6.07, 6.45) is 4.25. The summed E-state index contributed by atoms with van der Waals surface area (Å²) in [4.78, 5) is 46.8. The van der Waals surface area contributed by atoms with E-state index in [1.807, 2.05) is 42.6 Å². The Bertz CT molecular complexity index is 1180. The number of nitrogen functional groups attached to an aromatic ring is 1. The van der Waals surface area contributed by atoms with E-state index < -0.39 is 11.2 Å². The number of thiazole rings is 1. The number of amides is 1. The monoisotopic (exact) mass is 469 g/mol. The Morgan fingerprint density at radius 2 is 1.85 bits per heavy atom. The largest absolute Gasteiger partial charge is 0.383 e. The van der Waals surface area contributed by atoms with Crippen molar-refractivity contribution >= 4 is 28.7 Å². The molecule has 3 aromatic rings. The average Bonchev–Trinajstić information content (AvgIpc) is 3.27. The fourth-order valence-electron chi connectivity index (χ4n) is 3.61. The molecule has 3 rings (SSSR count). The van der Waals surface area contributed by atoms with Crippen LogP contribution < -0.4 is 21.9 Å². The van der Waals surface area contributed by atoms with E-state index >= 15 is 0 Å². The third kappa shape index (κ3) is 5.98. The van der Waals surface area contributed by atoms with Crippen molar-refractivity contribution in [3.63, 3.8) is 0 Å². The van der Waals surface area contributed by atoms with E-state index in [0.717, 1.165) is 42.7 Å². The maximum Gasteiger partial charge on any atom is 0.330 e. The number of anilines is 2. The zero-order valence-electron chi connectivity index (χ0n) is 19.2. The van der Waals surface area contributed by atoms with Crippen molar-refractivity contribution < 1.29 is 4.79 Å². The number of H-pyrrole nitrogens is 1. The first-order chi connectivity index (χ1) is 16.0. The Hall–Kier alpha value is -3.20. The Morgan fingerprint density at radius 3 is 2.55 bits per heavy atom. The maximum absolute atomic E-state index is 13.4. The first kappa shape index (κ1) is 24.4. The van der Waals surface area contributed by atoms with Crippen molar-refractivity contribution in [3.8, 4) is 10.6 Å². The van der Waals surface area contributed by atoms with Crippen LogP contribution in [-0.4, -0.2) is 27.0 Å². The zero-order valence-corrected chi connectivity index (χ0v) is 20.0. The van der Waals surface area contributed by atoms with Gasteiger partial charge in [-0.1, -0.05) is 63.4 Å². The summed E-state index contributed by atoms with van der Waals surface area (Å²) in [5.74, 6) is -0.237. The van der Waals surface area contributed by atoms with Crippen molar-refractivity contribution in [1.82, 2.24) is 14.5 Å². The minimum Gasteiger partial charge on any atom is -0.383 e. The van der Waals surface area contributed by atoms with Crippen LogP contribution in [0.1, 0.15) is 51.6 Å². The molecule has 2 heterocycles. The van der Waals surface area contributed by atoms with Crippen LogP contribution in [0, 0.1) is 0 Å². The van der Waals surface area contributed by atoms with Crippen LogP contribution in [0.3, 0.4) is 0 Å². The highest BCUT2D eigenvalue weighted by atomic mass is 32.1. The first-order valence-corrected chi connectivity index (χ1v) is 12.3. The second-order valence-corrected chi connectivity index (χ2v) is 8.80. The topological polar surface area (TPSA) is 114 Å². The lowest BCUT2D eigenvalue weighted by atomic mass is 10.2. The zero-order chi connectivity index (χ0) is 23.8. The molecule has 1 aromatic carbocycles. The van der Waals surface area contributed by atoms with Crippen LogP contribution in [0.5, 0.6) is 0 Å². The number of rotatable bonds is 11. The highest BCUT2D eigenvalue weighted by Gasteiger charge is 2.24. The molecule has 0 unspecified atom stereocenters. The summed E-state index contributed by atoms with van der Waals surface area (Å²) in [6, 6.07) is 9.78. The number of aromatic amines is 1. The number of carbonyl (C=O) groups excluding carboxylic acids is 1. The van der Waals surface area contributed by atoms with Crippen molar-refractivity contribution in [2.24, 2.45) is 0 Å². The number of hydrogen-bond donors (Lipinski definition) is 2. The van der Waals surface area contributed by atoms with Gasteiger partial charge in [0.2, 0.25) is 5.91 Å². The number of nitrogens with one attached hydrogen (secondary N) is 1. The summed E-state index contributed by atoms with van der Waals surface area (Å²) in [7, 11) is 0. The molecule has 0 aliphatic rings. The predicted octanol–water partition coefficient (Wildman–Crippen LogP) is 3.81. The molecule has 8 nitrogen and oxygen atoms in total. The molecule has 0 atom stereocenters. The average molecular weight is 470 g/mol. The summed E-state index contributed by atoms with van der Waals surface area (Å²) in [5.41, 5.74) is 6.76. The molecular weight excluding hydrogens is 438 g/mol. The van der Waals surface area contributed by atoms with Gasteiger partial charge in [0.25, 0.3) is 5.56 Å². The van der Waals surface area contributed by atoms with Gasteiger partial charge < -0.3 is 10.6 Å². The van der Waals surface area contributed by atoms with Gasteiger partial charge >= 0.3 is 5.69 Å². The van der Waals surface area contributed by atoms with Crippen LogP contribution in [0.4, 0.5) is 11.5 Å². The lowest BCUT2D eigenvalue weighted by molar-refractivity contribution is -0.118. The third-order valence-electron chi connectivity index (χ3n) is 5.41. The summed E-state index contributed by atoms with van der Waals surface area (Å²) in [6.45, 7) is 4.81. The van der Waals surface area contributed by atoms with Crippen LogP contribution in [-0.2, 0) is 17.8 Å². The summed E-state index contributed by atoms with van der Waals surface area (Å²) in [5, 5.41) is 2.70. The lowest BCUT2D eigenvalue weighted by Gasteiger charge is -2.24. The second kappa shape index (κ2) is 11.6. The molecule has 2 aromatic heterocycles. The quantitative estimate of drug-likeness (QED) is 0.415. The van der Waals surface area contributed by atoms with Crippen LogP contribution in [0.15, 0.2) is 45.3 Å². The third-order valence-corrected chi connectivity index (χ3v) is 6.35. The van der Waals surface area contributed by atoms with Crippen molar-refractivity contribution in [3.05, 3.63) is 62.2 Å². The van der Waals surface area contributed by atoms with Crippen molar-refractivity contribution in [2.75, 3.05) is 17.2 Å². The minimum absolute atomic E-state index is 0.0327. The number of carbonyl (C=O) groups is 1. The second-order valence-electron chi connectivity index (χ2n) is 7.94. The van der Waals surface area contributed by atoms with Crippen LogP contribution in [0.2, 0.25) is 0 Å². The van der Waals surface area contributed by atoms with Gasteiger partial charge in [0.05, 0.1) is 12.1 Å². The molecule has 1 amide bonds. The number of nitrogens with two attached hydrogens (primary N) is 1. The van der Waals surface area contributed by atoms with Gasteiger partial charge in [0, 0.05) is 24.0 Å². The van der Waals surface area contributed by atoms with Gasteiger partial charge in [-0.15, -0.1) is 11.3 Å². The highest BCUT2D eigenvalue weighted by Crippen LogP contribution is 2.25. The van der Waals surface area contributed by atoms with E-state index in [2.05, 4.69) is 16.9 Å². The van der Waals surface area contributed by atoms with Crippen LogP contribution in [0.25, 0.3) is 10.6 Å². The Labute approximate surface area is 197 Å². The van der Waals surface area contributed by atoms with Gasteiger partial charge in [0.15, 0.2) is 5.69 Å². The molecule has 33 heavy (non-hydrogen) atoms.